The molecule has 1 fully saturated rings. The van der Waals surface area contributed by atoms with Crippen molar-refractivity contribution >= 4 is 17.7 Å². The van der Waals surface area contributed by atoms with E-state index in [9.17, 15) is 24.6 Å². The summed E-state index contributed by atoms with van der Waals surface area (Å²) in [4.78, 5) is 47.8. The molecule has 2 aromatic rings. The first-order chi connectivity index (χ1) is 21.3. The van der Waals surface area contributed by atoms with Gasteiger partial charge in [0.15, 0.2) is 0 Å². The zero-order valence-corrected chi connectivity index (χ0v) is 27.7. The van der Waals surface area contributed by atoms with Crippen LogP contribution in [0.15, 0.2) is 42.9 Å². The van der Waals surface area contributed by atoms with Crippen molar-refractivity contribution in [3.63, 3.8) is 0 Å². The summed E-state index contributed by atoms with van der Waals surface area (Å²) in [6, 6.07) is 6.83. The number of carbonyl (C=O) groups is 3. The number of hydrogen-bond acceptors (Lipinski definition) is 6. The van der Waals surface area contributed by atoms with E-state index in [-0.39, 0.29) is 36.5 Å². The van der Waals surface area contributed by atoms with E-state index in [0.717, 1.165) is 31.2 Å². The first kappa shape index (κ1) is 36.2. The number of hydrogen-bond donors (Lipinski definition) is 6. The van der Waals surface area contributed by atoms with Crippen LogP contribution in [-0.2, 0) is 27.2 Å². The number of aromatic amines is 1. The summed E-state index contributed by atoms with van der Waals surface area (Å²) in [5.41, 5.74) is 1.25. The zero-order chi connectivity index (χ0) is 33.0. The molecule has 0 bridgehead atoms. The predicted octanol–water partition coefficient (Wildman–Crippen LogP) is 3.82. The van der Waals surface area contributed by atoms with Gasteiger partial charge in [0.25, 0.3) is 0 Å². The Hall–Kier alpha value is -3.24. The van der Waals surface area contributed by atoms with Gasteiger partial charge in [0.2, 0.25) is 17.7 Å². The molecule has 0 saturated heterocycles. The van der Waals surface area contributed by atoms with E-state index in [4.69, 9.17) is 0 Å². The Balaban J connectivity index is 1.83. The molecule has 0 aliphatic heterocycles. The van der Waals surface area contributed by atoms with Crippen LogP contribution in [0, 0.1) is 17.3 Å². The van der Waals surface area contributed by atoms with Gasteiger partial charge in [-0.1, -0.05) is 97.1 Å². The summed E-state index contributed by atoms with van der Waals surface area (Å²) < 4.78 is 0. The number of imidazole rings is 1. The lowest BCUT2D eigenvalue weighted by atomic mass is 9.82. The second-order valence-electron chi connectivity index (χ2n) is 14.4. The molecule has 6 N–H and O–H groups in total. The van der Waals surface area contributed by atoms with Gasteiger partial charge in [-0.05, 0) is 35.7 Å². The smallest absolute Gasteiger partial charge is 0.243 e. The van der Waals surface area contributed by atoms with Crippen molar-refractivity contribution < 1.29 is 24.6 Å². The summed E-state index contributed by atoms with van der Waals surface area (Å²) in [5, 5.41) is 30.9. The maximum absolute atomic E-state index is 14.0. The third kappa shape index (κ3) is 13.0. The second kappa shape index (κ2) is 17.5. The van der Waals surface area contributed by atoms with Gasteiger partial charge < -0.3 is 31.1 Å². The SMILES string of the molecule is CC(C)C[C@H](O)[C@H](O)[C@H](CC1CCCCC1)NC(=O)[C@H](Cc1cnc[nH]1)NC(=O)[C@H](Cc1ccccc1)NC(=O)CC(C)(C)C. The summed E-state index contributed by atoms with van der Waals surface area (Å²) in [6.45, 7) is 9.83. The van der Waals surface area contributed by atoms with Gasteiger partial charge in [0.1, 0.15) is 18.2 Å². The molecule has 1 saturated carbocycles. The Kier molecular flexibility index (Phi) is 14.1. The molecular formula is C35H55N5O5. The van der Waals surface area contributed by atoms with E-state index >= 15 is 0 Å². The van der Waals surface area contributed by atoms with E-state index in [1.807, 2.05) is 65.0 Å². The van der Waals surface area contributed by atoms with Gasteiger partial charge in [-0.2, -0.15) is 0 Å². The van der Waals surface area contributed by atoms with Gasteiger partial charge in [-0.15, -0.1) is 0 Å². The Morgan fingerprint density at radius 1 is 0.933 bits per heavy atom. The average molecular weight is 626 g/mol. The lowest BCUT2D eigenvalue weighted by Crippen LogP contribution is -2.58. The number of benzene rings is 1. The van der Waals surface area contributed by atoms with Crippen LogP contribution >= 0.6 is 0 Å². The summed E-state index contributed by atoms with van der Waals surface area (Å²) in [7, 11) is 0. The summed E-state index contributed by atoms with van der Waals surface area (Å²) in [5.74, 6) is -0.691. The minimum absolute atomic E-state index is 0.131. The molecule has 45 heavy (non-hydrogen) atoms. The van der Waals surface area contributed by atoms with Crippen molar-refractivity contribution in [3.8, 4) is 0 Å². The van der Waals surface area contributed by atoms with Crippen LogP contribution in [0.2, 0.25) is 0 Å². The fourth-order valence-electron chi connectivity index (χ4n) is 6.12. The van der Waals surface area contributed by atoms with Crippen molar-refractivity contribution in [1.82, 2.24) is 25.9 Å². The fourth-order valence-corrected chi connectivity index (χ4v) is 6.12. The number of aromatic nitrogens is 2. The van der Waals surface area contributed by atoms with E-state index in [1.54, 1.807) is 6.20 Å². The second-order valence-corrected chi connectivity index (χ2v) is 14.4. The molecule has 3 amide bonds. The molecule has 0 spiro atoms. The van der Waals surface area contributed by atoms with Crippen LogP contribution in [0.3, 0.4) is 0 Å². The molecule has 3 rings (SSSR count). The Morgan fingerprint density at radius 3 is 2.18 bits per heavy atom. The van der Waals surface area contributed by atoms with Crippen molar-refractivity contribution in [2.75, 3.05) is 0 Å². The van der Waals surface area contributed by atoms with Crippen molar-refractivity contribution in [2.45, 2.75) is 129 Å². The molecular weight excluding hydrogens is 570 g/mol. The highest BCUT2D eigenvalue weighted by Crippen LogP contribution is 2.29. The molecule has 5 atom stereocenters. The molecule has 1 aromatic carbocycles. The van der Waals surface area contributed by atoms with Crippen LogP contribution < -0.4 is 16.0 Å². The average Bonchev–Trinajstić information content (AvgIpc) is 3.48. The number of H-pyrrole nitrogens is 1. The molecule has 1 heterocycles. The maximum atomic E-state index is 14.0. The van der Waals surface area contributed by atoms with E-state index < -0.39 is 42.1 Å². The Labute approximate surface area is 268 Å². The Bertz CT molecular complexity index is 1170. The summed E-state index contributed by atoms with van der Waals surface area (Å²) in [6.07, 6.45) is 7.98. The number of aliphatic hydroxyl groups excluding tert-OH is 2. The van der Waals surface area contributed by atoms with Crippen LogP contribution in [0.4, 0.5) is 0 Å². The monoisotopic (exact) mass is 625 g/mol. The molecule has 1 aliphatic rings. The molecule has 1 aromatic heterocycles. The standard InChI is InChI=1S/C35H55N5O5/c1-23(2)16-30(41)32(43)27(17-24-12-8-6-9-13-24)39-34(45)29(19-26-21-36-22-37-26)40-33(44)28(18-25-14-10-7-11-15-25)38-31(42)20-35(3,4)5/h7,10-11,14-15,21-24,27-30,32,41,43H,6,8-9,12-13,16-20H2,1-5H3,(H,36,37)(H,38,42)(H,39,45)(H,40,44)/t27-,28-,29-,30-,32+/m0/s1. The van der Waals surface area contributed by atoms with Crippen LogP contribution in [0.1, 0.15) is 97.2 Å². The lowest BCUT2D eigenvalue weighted by molar-refractivity contribution is -0.133. The summed E-state index contributed by atoms with van der Waals surface area (Å²) >= 11 is 0. The molecule has 1 aliphatic carbocycles. The number of nitrogens with zero attached hydrogens (tertiary/aromatic N) is 1. The van der Waals surface area contributed by atoms with Crippen molar-refractivity contribution in [2.24, 2.45) is 17.3 Å². The number of carbonyl (C=O) groups excluding carboxylic acids is 3. The molecule has 0 radical (unpaired) electrons. The minimum Gasteiger partial charge on any atom is -0.390 e. The largest absolute Gasteiger partial charge is 0.390 e. The molecule has 10 nitrogen and oxygen atoms in total. The van der Waals surface area contributed by atoms with Gasteiger partial charge in [0, 0.05) is 31.2 Å². The van der Waals surface area contributed by atoms with E-state index in [1.165, 1.54) is 12.7 Å². The molecule has 0 unspecified atom stereocenters. The van der Waals surface area contributed by atoms with Gasteiger partial charge >= 0.3 is 0 Å². The highest BCUT2D eigenvalue weighted by molar-refractivity contribution is 5.92. The molecule has 250 valence electrons. The van der Waals surface area contributed by atoms with Crippen molar-refractivity contribution in [1.29, 1.82) is 0 Å². The van der Waals surface area contributed by atoms with Crippen LogP contribution in [-0.4, -0.2) is 68.2 Å². The van der Waals surface area contributed by atoms with Crippen LogP contribution in [0.5, 0.6) is 0 Å². The van der Waals surface area contributed by atoms with E-state index in [0.29, 0.717) is 24.5 Å². The number of amides is 3. The van der Waals surface area contributed by atoms with Gasteiger partial charge in [0.05, 0.1) is 18.5 Å². The predicted molar refractivity (Wildman–Crippen MR) is 175 cm³/mol. The Morgan fingerprint density at radius 2 is 1.58 bits per heavy atom. The fraction of sp³-hybridized carbons (Fsp3) is 0.657. The highest BCUT2D eigenvalue weighted by atomic mass is 16.3. The quantitative estimate of drug-likeness (QED) is 0.167. The lowest BCUT2D eigenvalue weighted by Gasteiger charge is -2.34. The number of nitrogens with one attached hydrogen (secondary N) is 4. The van der Waals surface area contributed by atoms with Gasteiger partial charge in [-0.3, -0.25) is 14.4 Å². The number of aliphatic hydroxyl groups is 2. The minimum atomic E-state index is -1.15. The number of rotatable bonds is 16. The third-order valence-electron chi connectivity index (χ3n) is 8.40. The van der Waals surface area contributed by atoms with Crippen molar-refractivity contribution in [3.05, 3.63) is 54.1 Å². The maximum Gasteiger partial charge on any atom is 0.243 e. The van der Waals surface area contributed by atoms with E-state index in [2.05, 4.69) is 25.9 Å². The topological polar surface area (TPSA) is 156 Å². The van der Waals surface area contributed by atoms with Crippen LogP contribution in [0.25, 0.3) is 0 Å². The normalized spacial score (nSPS) is 17.6. The highest BCUT2D eigenvalue weighted by Gasteiger charge is 2.34. The van der Waals surface area contributed by atoms with Gasteiger partial charge in [-0.25, -0.2) is 4.98 Å². The molecule has 10 heteroatoms. The third-order valence-corrected chi connectivity index (χ3v) is 8.40. The first-order valence-corrected chi connectivity index (χ1v) is 16.6. The zero-order valence-electron chi connectivity index (χ0n) is 27.7. The first-order valence-electron chi connectivity index (χ1n) is 16.6.